The van der Waals surface area contributed by atoms with Crippen LogP contribution in [0.4, 0.5) is 5.82 Å². The fraction of sp³-hybridized carbons (Fsp3) is 0.154. The zero-order valence-electron chi connectivity index (χ0n) is 11.2. The molecule has 20 heavy (non-hydrogen) atoms. The first-order chi connectivity index (χ1) is 9.65. The van der Waals surface area contributed by atoms with Crippen molar-refractivity contribution in [3.63, 3.8) is 0 Å². The number of aromatic nitrogens is 4. The number of nitrogens with zero attached hydrogens (tertiary/aromatic N) is 3. The second-order valence-corrected chi connectivity index (χ2v) is 6.61. The lowest BCUT2D eigenvalue weighted by Crippen LogP contribution is -2.10. The molecule has 0 aliphatic heterocycles. The standard InChI is InChI=1S/C13H14N5OSi/c1-20(2)19-9-5-3-4-8(6-9)11-10-12(14)15-7-16-13(10)18-17-11/h3-7H,1-2H3,(H3,14,15,16,17,18). The molecular formula is C13H14N5OSi. The third-order valence-electron chi connectivity index (χ3n) is 2.82. The van der Waals surface area contributed by atoms with Crippen molar-refractivity contribution in [2.24, 2.45) is 0 Å². The smallest absolute Gasteiger partial charge is 0.274 e. The summed E-state index contributed by atoms with van der Waals surface area (Å²) < 4.78 is 5.80. The van der Waals surface area contributed by atoms with Gasteiger partial charge in [0.1, 0.15) is 17.9 Å². The van der Waals surface area contributed by atoms with Gasteiger partial charge in [-0.25, -0.2) is 9.97 Å². The van der Waals surface area contributed by atoms with Crippen LogP contribution in [0.3, 0.4) is 0 Å². The minimum absolute atomic E-state index is 0.417. The van der Waals surface area contributed by atoms with Crippen LogP contribution in [0.5, 0.6) is 5.75 Å². The molecule has 0 amide bonds. The molecule has 0 aliphatic carbocycles. The van der Waals surface area contributed by atoms with Crippen LogP contribution in [-0.2, 0) is 0 Å². The lowest BCUT2D eigenvalue weighted by atomic mass is 10.1. The number of benzene rings is 1. The second-order valence-electron chi connectivity index (χ2n) is 4.59. The van der Waals surface area contributed by atoms with Crippen LogP contribution in [-0.4, -0.2) is 29.2 Å². The molecule has 0 spiro atoms. The van der Waals surface area contributed by atoms with Crippen LogP contribution in [0.15, 0.2) is 30.6 Å². The SMILES string of the molecule is C[Si](C)Oc1cccc(-c2[nH]nc3ncnc(N)c23)c1. The van der Waals surface area contributed by atoms with E-state index in [1.165, 1.54) is 6.33 Å². The number of nitrogens with one attached hydrogen (secondary N) is 1. The number of hydrogen-bond donors (Lipinski definition) is 2. The Morgan fingerprint density at radius 3 is 2.90 bits per heavy atom. The fourth-order valence-electron chi connectivity index (χ4n) is 2.04. The highest BCUT2D eigenvalue weighted by atomic mass is 28.3. The topological polar surface area (TPSA) is 89.7 Å². The van der Waals surface area contributed by atoms with Crippen LogP contribution in [0.1, 0.15) is 0 Å². The molecule has 0 unspecified atom stereocenters. The molecule has 0 atom stereocenters. The number of rotatable bonds is 3. The van der Waals surface area contributed by atoms with E-state index in [1.807, 2.05) is 24.3 Å². The summed E-state index contributed by atoms with van der Waals surface area (Å²) in [6.45, 7) is 4.18. The van der Waals surface area contributed by atoms with Gasteiger partial charge in [0.05, 0.1) is 11.1 Å². The van der Waals surface area contributed by atoms with Crippen molar-refractivity contribution in [1.82, 2.24) is 20.2 Å². The van der Waals surface area contributed by atoms with Crippen LogP contribution in [0.2, 0.25) is 13.1 Å². The first kappa shape index (κ1) is 12.6. The molecule has 3 aromatic rings. The number of hydrogen-bond acceptors (Lipinski definition) is 5. The van der Waals surface area contributed by atoms with Gasteiger partial charge in [0, 0.05) is 5.56 Å². The molecular weight excluding hydrogens is 270 g/mol. The summed E-state index contributed by atoms with van der Waals surface area (Å²) in [5.41, 5.74) is 8.25. The highest BCUT2D eigenvalue weighted by Gasteiger charge is 2.13. The summed E-state index contributed by atoms with van der Waals surface area (Å²) in [5, 5.41) is 7.87. The maximum atomic E-state index is 5.92. The van der Waals surface area contributed by atoms with E-state index in [2.05, 4.69) is 33.3 Å². The zero-order valence-corrected chi connectivity index (χ0v) is 12.2. The van der Waals surface area contributed by atoms with Gasteiger partial charge in [0.2, 0.25) is 0 Å². The lowest BCUT2D eigenvalue weighted by Gasteiger charge is -2.09. The van der Waals surface area contributed by atoms with Crippen molar-refractivity contribution in [3.8, 4) is 17.0 Å². The molecule has 0 fully saturated rings. The highest BCUT2D eigenvalue weighted by molar-refractivity contribution is 6.49. The van der Waals surface area contributed by atoms with Gasteiger partial charge in [-0.3, -0.25) is 5.10 Å². The summed E-state index contributed by atoms with van der Waals surface area (Å²) in [5.74, 6) is 1.26. The van der Waals surface area contributed by atoms with Crippen molar-refractivity contribution in [2.45, 2.75) is 13.1 Å². The number of anilines is 1. The number of fused-ring (bicyclic) bond motifs is 1. The van der Waals surface area contributed by atoms with Crippen molar-refractivity contribution in [2.75, 3.05) is 5.73 Å². The number of aromatic amines is 1. The minimum Gasteiger partial charge on any atom is -0.543 e. The zero-order chi connectivity index (χ0) is 14.1. The number of H-pyrrole nitrogens is 1. The molecule has 3 rings (SSSR count). The Labute approximate surface area is 117 Å². The summed E-state index contributed by atoms with van der Waals surface area (Å²) in [7, 11) is -0.797. The monoisotopic (exact) mass is 284 g/mol. The van der Waals surface area contributed by atoms with Gasteiger partial charge in [-0.2, -0.15) is 5.10 Å². The van der Waals surface area contributed by atoms with Crippen molar-refractivity contribution < 1.29 is 4.43 Å². The molecule has 0 aliphatic rings. The first-order valence-corrected chi connectivity index (χ1v) is 8.59. The lowest BCUT2D eigenvalue weighted by molar-refractivity contribution is 0.581. The predicted molar refractivity (Wildman–Crippen MR) is 79.6 cm³/mol. The molecule has 0 saturated carbocycles. The van der Waals surface area contributed by atoms with E-state index in [1.54, 1.807) is 0 Å². The minimum atomic E-state index is -0.797. The van der Waals surface area contributed by atoms with Crippen molar-refractivity contribution in [1.29, 1.82) is 0 Å². The van der Waals surface area contributed by atoms with Gasteiger partial charge in [-0.1, -0.05) is 12.1 Å². The average molecular weight is 284 g/mol. The van der Waals surface area contributed by atoms with Crippen molar-refractivity contribution >= 4 is 25.9 Å². The van der Waals surface area contributed by atoms with Gasteiger partial charge in [0.25, 0.3) is 9.04 Å². The Morgan fingerprint density at radius 2 is 2.10 bits per heavy atom. The first-order valence-electron chi connectivity index (χ1n) is 6.18. The second kappa shape index (κ2) is 4.93. The fourth-order valence-corrected chi connectivity index (χ4v) is 2.64. The average Bonchev–Trinajstić information content (AvgIpc) is 2.83. The molecule has 7 heteroatoms. The maximum Gasteiger partial charge on any atom is 0.274 e. The van der Waals surface area contributed by atoms with E-state index in [-0.39, 0.29) is 0 Å². The van der Waals surface area contributed by atoms with Gasteiger partial charge in [-0.15, -0.1) is 0 Å². The highest BCUT2D eigenvalue weighted by Crippen LogP contribution is 2.30. The number of nitrogens with two attached hydrogens (primary N) is 1. The Kier molecular flexibility index (Phi) is 3.11. The van der Waals surface area contributed by atoms with Crippen molar-refractivity contribution in [3.05, 3.63) is 30.6 Å². The van der Waals surface area contributed by atoms with Crippen LogP contribution in [0.25, 0.3) is 22.3 Å². The molecule has 101 valence electrons. The Morgan fingerprint density at radius 1 is 1.25 bits per heavy atom. The summed E-state index contributed by atoms with van der Waals surface area (Å²) in [6, 6.07) is 7.84. The van der Waals surface area contributed by atoms with Gasteiger partial charge >= 0.3 is 0 Å². The van der Waals surface area contributed by atoms with E-state index < -0.39 is 9.04 Å². The molecule has 0 bridgehead atoms. The Balaban J connectivity index is 2.11. The molecule has 2 aromatic heterocycles. The molecule has 1 aromatic carbocycles. The molecule has 0 saturated heterocycles. The van der Waals surface area contributed by atoms with E-state index in [0.717, 1.165) is 22.4 Å². The largest absolute Gasteiger partial charge is 0.543 e. The Hall–Kier alpha value is -2.41. The van der Waals surface area contributed by atoms with Gasteiger partial charge < -0.3 is 10.2 Å². The van der Waals surface area contributed by atoms with E-state index in [0.29, 0.717) is 11.5 Å². The quantitative estimate of drug-likeness (QED) is 0.720. The number of nitrogen functional groups attached to an aromatic ring is 1. The predicted octanol–water partition coefficient (Wildman–Crippen LogP) is 2.23. The molecule has 3 N–H and O–H groups in total. The van der Waals surface area contributed by atoms with Crippen LogP contribution < -0.4 is 10.2 Å². The van der Waals surface area contributed by atoms with E-state index in [9.17, 15) is 0 Å². The maximum absolute atomic E-state index is 5.92. The summed E-state index contributed by atoms with van der Waals surface area (Å²) in [4.78, 5) is 8.12. The Bertz CT molecular complexity index is 755. The van der Waals surface area contributed by atoms with Crippen LogP contribution in [0, 0.1) is 0 Å². The third kappa shape index (κ3) is 2.23. The molecule has 6 nitrogen and oxygen atoms in total. The normalized spacial score (nSPS) is 11.2. The molecule has 1 radical (unpaired) electrons. The molecule has 2 heterocycles. The van der Waals surface area contributed by atoms with Gasteiger partial charge in [-0.05, 0) is 25.2 Å². The summed E-state index contributed by atoms with van der Waals surface area (Å²) in [6.07, 6.45) is 1.41. The van der Waals surface area contributed by atoms with Crippen LogP contribution >= 0.6 is 0 Å². The van der Waals surface area contributed by atoms with E-state index in [4.69, 9.17) is 10.2 Å². The third-order valence-corrected chi connectivity index (χ3v) is 3.47. The summed E-state index contributed by atoms with van der Waals surface area (Å²) >= 11 is 0. The van der Waals surface area contributed by atoms with Gasteiger partial charge in [0.15, 0.2) is 5.65 Å². The van der Waals surface area contributed by atoms with E-state index >= 15 is 0 Å².